The molecule has 2 aliphatic heterocycles. The van der Waals surface area contributed by atoms with E-state index < -0.39 is 0 Å². The second kappa shape index (κ2) is 5.19. The molecule has 6 heteroatoms. The van der Waals surface area contributed by atoms with Crippen molar-refractivity contribution in [2.75, 3.05) is 13.2 Å². The first-order valence-electron chi connectivity index (χ1n) is 6.17. The maximum atomic E-state index is 11.0. The van der Waals surface area contributed by atoms with Crippen molar-refractivity contribution in [3.05, 3.63) is 28.5 Å². The number of carbonyl (C=O) groups excluding carboxylic acids is 1. The van der Waals surface area contributed by atoms with Gasteiger partial charge in [0.2, 0.25) is 0 Å². The van der Waals surface area contributed by atoms with Crippen molar-refractivity contribution in [3.63, 3.8) is 0 Å². The summed E-state index contributed by atoms with van der Waals surface area (Å²) in [5.41, 5.74) is 0.944. The van der Waals surface area contributed by atoms with Gasteiger partial charge in [0.25, 0.3) is 0 Å². The van der Waals surface area contributed by atoms with Gasteiger partial charge in [0.15, 0.2) is 6.10 Å². The van der Waals surface area contributed by atoms with Crippen LogP contribution in [0.5, 0.6) is 0 Å². The van der Waals surface area contributed by atoms with Crippen molar-refractivity contribution in [2.45, 2.75) is 31.2 Å². The Hall–Kier alpha value is -0.980. The number of pyridine rings is 1. The highest BCUT2D eigenvalue weighted by molar-refractivity contribution is 9.10. The largest absolute Gasteiger partial charge is 0.457 e. The van der Waals surface area contributed by atoms with Gasteiger partial charge < -0.3 is 14.2 Å². The van der Waals surface area contributed by atoms with Crippen LogP contribution >= 0.6 is 15.9 Å². The number of fused-ring (bicyclic) bond motifs is 1. The number of hydrogen-bond donors (Lipinski definition) is 0. The van der Waals surface area contributed by atoms with Gasteiger partial charge in [-0.2, -0.15) is 0 Å². The summed E-state index contributed by atoms with van der Waals surface area (Å²) < 4.78 is 17.6. The fourth-order valence-corrected chi connectivity index (χ4v) is 2.87. The zero-order chi connectivity index (χ0) is 13.4. The smallest absolute Gasteiger partial charge is 0.303 e. The van der Waals surface area contributed by atoms with Crippen molar-refractivity contribution in [2.24, 2.45) is 0 Å². The molecule has 0 bridgehead atoms. The lowest BCUT2D eigenvalue weighted by Gasteiger charge is -2.16. The lowest BCUT2D eigenvalue weighted by atomic mass is 9.97. The third-order valence-corrected chi connectivity index (χ3v) is 3.92. The maximum absolute atomic E-state index is 11.0. The van der Waals surface area contributed by atoms with Crippen molar-refractivity contribution in [1.29, 1.82) is 0 Å². The van der Waals surface area contributed by atoms with Gasteiger partial charge in [-0.15, -0.1) is 0 Å². The van der Waals surface area contributed by atoms with Crippen molar-refractivity contribution < 1.29 is 19.0 Å². The molecule has 2 saturated heterocycles. The Labute approximate surface area is 119 Å². The van der Waals surface area contributed by atoms with E-state index in [-0.39, 0.29) is 30.2 Å². The van der Waals surface area contributed by atoms with Gasteiger partial charge in [0.1, 0.15) is 6.10 Å². The highest BCUT2D eigenvalue weighted by atomic mass is 79.9. The number of hydrogen-bond acceptors (Lipinski definition) is 5. The third kappa shape index (κ3) is 2.52. The summed E-state index contributed by atoms with van der Waals surface area (Å²) in [6, 6.07) is 3.91. The average molecular weight is 328 g/mol. The Kier molecular flexibility index (Phi) is 3.56. The number of esters is 1. The lowest BCUT2D eigenvalue weighted by molar-refractivity contribution is -0.150. The van der Waals surface area contributed by atoms with Crippen LogP contribution in [-0.4, -0.2) is 42.5 Å². The molecule has 3 heterocycles. The van der Waals surface area contributed by atoms with E-state index in [0.717, 1.165) is 10.2 Å². The fraction of sp³-hybridized carbons (Fsp3) is 0.538. The SMILES string of the molecule is CC(=O)O[C@H]1CO[C@H]2[C@@H]1OC[C@@H]2c1ccc(Br)cn1. The Morgan fingerprint density at radius 1 is 1.37 bits per heavy atom. The van der Waals surface area contributed by atoms with E-state index in [1.165, 1.54) is 6.92 Å². The molecular weight excluding hydrogens is 314 g/mol. The summed E-state index contributed by atoms with van der Waals surface area (Å²) in [7, 11) is 0. The number of ether oxygens (including phenoxy) is 3. The molecule has 4 atom stereocenters. The first-order valence-corrected chi connectivity index (χ1v) is 6.96. The van der Waals surface area contributed by atoms with Crippen LogP contribution in [0.3, 0.4) is 0 Å². The van der Waals surface area contributed by atoms with Crippen LogP contribution in [0, 0.1) is 0 Å². The minimum Gasteiger partial charge on any atom is -0.457 e. The van der Waals surface area contributed by atoms with E-state index in [2.05, 4.69) is 20.9 Å². The van der Waals surface area contributed by atoms with Crippen LogP contribution < -0.4 is 0 Å². The van der Waals surface area contributed by atoms with Gasteiger partial charge in [-0.3, -0.25) is 9.78 Å². The van der Waals surface area contributed by atoms with Crippen molar-refractivity contribution >= 4 is 21.9 Å². The van der Waals surface area contributed by atoms with Crippen LogP contribution in [0.2, 0.25) is 0 Å². The summed E-state index contributed by atoms with van der Waals surface area (Å²) in [5.74, 6) is -0.207. The summed E-state index contributed by atoms with van der Waals surface area (Å²) in [5, 5.41) is 0. The number of carbonyl (C=O) groups is 1. The van der Waals surface area contributed by atoms with E-state index in [4.69, 9.17) is 14.2 Å². The van der Waals surface area contributed by atoms with Gasteiger partial charge in [-0.05, 0) is 28.1 Å². The Morgan fingerprint density at radius 3 is 2.84 bits per heavy atom. The van der Waals surface area contributed by atoms with Gasteiger partial charge in [-0.1, -0.05) is 0 Å². The molecule has 0 spiro atoms. The Balaban J connectivity index is 1.74. The normalized spacial score (nSPS) is 33.2. The Morgan fingerprint density at radius 2 is 2.16 bits per heavy atom. The predicted molar refractivity (Wildman–Crippen MR) is 69.7 cm³/mol. The molecule has 3 rings (SSSR count). The van der Waals surface area contributed by atoms with Crippen LogP contribution in [0.25, 0.3) is 0 Å². The molecule has 2 fully saturated rings. The van der Waals surface area contributed by atoms with E-state index >= 15 is 0 Å². The molecule has 1 aromatic heterocycles. The van der Waals surface area contributed by atoms with Gasteiger partial charge >= 0.3 is 5.97 Å². The van der Waals surface area contributed by atoms with E-state index in [9.17, 15) is 4.79 Å². The lowest BCUT2D eigenvalue weighted by Crippen LogP contribution is -2.32. The molecular formula is C13H14BrNO4. The zero-order valence-electron chi connectivity index (χ0n) is 10.4. The first-order chi connectivity index (χ1) is 9.15. The van der Waals surface area contributed by atoms with E-state index in [1.54, 1.807) is 6.20 Å². The molecule has 102 valence electrons. The first kappa shape index (κ1) is 13.0. The number of aromatic nitrogens is 1. The molecule has 19 heavy (non-hydrogen) atoms. The minimum atomic E-state index is -0.303. The molecule has 0 N–H and O–H groups in total. The van der Waals surface area contributed by atoms with E-state index in [0.29, 0.717) is 13.2 Å². The van der Waals surface area contributed by atoms with Crippen LogP contribution in [0.4, 0.5) is 0 Å². The monoisotopic (exact) mass is 327 g/mol. The topological polar surface area (TPSA) is 57.7 Å². The maximum Gasteiger partial charge on any atom is 0.303 e. The van der Waals surface area contributed by atoms with Gasteiger partial charge in [-0.25, -0.2) is 0 Å². The summed E-state index contributed by atoms with van der Waals surface area (Å²) >= 11 is 3.36. The molecule has 5 nitrogen and oxygen atoms in total. The van der Waals surface area contributed by atoms with Gasteiger partial charge in [0, 0.05) is 23.3 Å². The fourth-order valence-electron chi connectivity index (χ4n) is 2.64. The van der Waals surface area contributed by atoms with Gasteiger partial charge in [0.05, 0.1) is 25.2 Å². The molecule has 0 radical (unpaired) electrons. The number of nitrogens with zero attached hydrogens (tertiary/aromatic N) is 1. The zero-order valence-corrected chi connectivity index (χ0v) is 12.0. The minimum absolute atomic E-state index is 0.0852. The highest BCUT2D eigenvalue weighted by Gasteiger charge is 2.50. The van der Waals surface area contributed by atoms with E-state index in [1.807, 2.05) is 12.1 Å². The molecule has 0 unspecified atom stereocenters. The second-order valence-corrected chi connectivity index (χ2v) is 5.67. The van der Waals surface area contributed by atoms with Crippen LogP contribution in [0.1, 0.15) is 18.5 Å². The summed E-state index contributed by atoms with van der Waals surface area (Å²) in [6.07, 6.45) is 1.20. The standard InChI is InChI=1S/C13H14BrNO4/c1-7(16)19-11-6-18-12-9(5-17-13(11)12)10-3-2-8(14)4-15-10/h2-4,9,11-13H,5-6H2,1H3/t9-,11+,12-,13-/m1/s1. The molecule has 0 saturated carbocycles. The molecule has 2 aliphatic rings. The number of rotatable bonds is 2. The van der Waals surface area contributed by atoms with Crippen LogP contribution in [0.15, 0.2) is 22.8 Å². The quantitative estimate of drug-likeness (QED) is 0.773. The average Bonchev–Trinajstić information content (AvgIpc) is 2.93. The predicted octanol–water partition coefficient (Wildman–Crippen LogP) is 1.66. The highest BCUT2D eigenvalue weighted by Crippen LogP contribution is 2.37. The third-order valence-electron chi connectivity index (χ3n) is 3.46. The molecule has 0 amide bonds. The van der Waals surface area contributed by atoms with Crippen LogP contribution in [-0.2, 0) is 19.0 Å². The Bertz CT molecular complexity index is 478. The summed E-state index contributed by atoms with van der Waals surface area (Å²) in [4.78, 5) is 15.4. The van der Waals surface area contributed by atoms with Crippen molar-refractivity contribution in [3.8, 4) is 0 Å². The summed E-state index contributed by atoms with van der Waals surface area (Å²) in [6.45, 7) is 2.33. The molecule has 0 aliphatic carbocycles. The molecule has 0 aromatic carbocycles. The number of halogens is 1. The second-order valence-electron chi connectivity index (χ2n) is 4.75. The van der Waals surface area contributed by atoms with Crippen molar-refractivity contribution in [1.82, 2.24) is 4.98 Å². The molecule has 1 aromatic rings.